The van der Waals surface area contributed by atoms with Gasteiger partial charge in [-0.25, -0.2) is 4.98 Å². The summed E-state index contributed by atoms with van der Waals surface area (Å²) < 4.78 is 0. The Balaban J connectivity index is 1.15. The molecule has 0 bridgehead atoms. The lowest BCUT2D eigenvalue weighted by Gasteiger charge is -2.32. The van der Waals surface area contributed by atoms with Gasteiger partial charge in [0.15, 0.2) is 5.96 Å². The maximum absolute atomic E-state index is 4.74. The van der Waals surface area contributed by atoms with Crippen molar-refractivity contribution >= 4 is 17.3 Å². The van der Waals surface area contributed by atoms with Gasteiger partial charge in [0, 0.05) is 45.2 Å². The molecule has 3 aliphatic rings. The number of hydrogen-bond donors (Lipinski definition) is 1. The van der Waals surface area contributed by atoms with Crippen molar-refractivity contribution in [1.82, 2.24) is 25.0 Å². The van der Waals surface area contributed by atoms with Crippen LogP contribution < -0.4 is 5.32 Å². The highest BCUT2D eigenvalue weighted by Crippen LogP contribution is 2.22. The zero-order valence-corrected chi connectivity index (χ0v) is 20.5. The molecule has 1 unspecified atom stereocenters. The number of piperidine rings is 2. The van der Waals surface area contributed by atoms with Crippen LogP contribution in [0.5, 0.6) is 0 Å². The van der Waals surface area contributed by atoms with Crippen LogP contribution in [0.3, 0.4) is 0 Å². The third-order valence-corrected chi connectivity index (χ3v) is 8.35. The summed E-state index contributed by atoms with van der Waals surface area (Å²) in [6, 6.07) is 0. The number of nitrogens with zero attached hydrogens (tertiary/aromatic N) is 5. The Kier molecular flexibility index (Phi) is 8.62. The topological polar surface area (TPSA) is 47.0 Å². The lowest BCUT2D eigenvalue weighted by molar-refractivity contribution is 0.176. The molecule has 1 atom stereocenters. The Morgan fingerprint density at radius 1 is 1.06 bits per heavy atom. The summed E-state index contributed by atoms with van der Waals surface area (Å²) in [5.41, 5.74) is 1.26. The van der Waals surface area contributed by atoms with Crippen LogP contribution in [0.25, 0.3) is 0 Å². The smallest absolute Gasteiger partial charge is 0.193 e. The fourth-order valence-corrected chi connectivity index (χ4v) is 6.15. The van der Waals surface area contributed by atoms with E-state index in [9.17, 15) is 0 Å². The summed E-state index contributed by atoms with van der Waals surface area (Å²) in [4.78, 5) is 17.1. The third kappa shape index (κ3) is 6.65. The lowest BCUT2D eigenvalue weighted by Crippen LogP contribution is -2.44. The molecule has 3 aliphatic heterocycles. The van der Waals surface area contributed by atoms with Gasteiger partial charge < -0.3 is 15.1 Å². The Labute approximate surface area is 193 Å². The van der Waals surface area contributed by atoms with Gasteiger partial charge in [-0.2, -0.15) is 0 Å². The lowest BCUT2D eigenvalue weighted by atomic mass is 9.97. The summed E-state index contributed by atoms with van der Waals surface area (Å²) >= 11 is 1.81. The van der Waals surface area contributed by atoms with Crippen molar-refractivity contribution in [2.24, 2.45) is 16.8 Å². The van der Waals surface area contributed by atoms with Gasteiger partial charge in [-0.1, -0.05) is 13.3 Å². The van der Waals surface area contributed by atoms with Gasteiger partial charge in [0.2, 0.25) is 0 Å². The Hall–Kier alpha value is -1.18. The Morgan fingerprint density at radius 3 is 2.55 bits per heavy atom. The Morgan fingerprint density at radius 2 is 1.84 bits per heavy atom. The monoisotopic (exact) mass is 446 g/mol. The Bertz CT molecular complexity index is 690. The van der Waals surface area contributed by atoms with E-state index in [0.29, 0.717) is 0 Å². The summed E-state index contributed by atoms with van der Waals surface area (Å²) in [6.45, 7) is 12.9. The molecule has 3 saturated heterocycles. The van der Waals surface area contributed by atoms with E-state index in [1.807, 2.05) is 7.05 Å². The summed E-state index contributed by atoms with van der Waals surface area (Å²) in [5.74, 6) is 2.68. The number of aryl methyl sites for hydroxylation is 1. The summed E-state index contributed by atoms with van der Waals surface area (Å²) in [5, 5.41) is 7.22. The van der Waals surface area contributed by atoms with E-state index in [1.165, 1.54) is 88.5 Å². The molecule has 0 spiro atoms. The van der Waals surface area contributed by atoms with Crippen molar-refractivity contribution in [3.8, 4) is 0 Å². The zero-order valence-electron chi connectivity index (χ0n) is 19.7. The van der Waals surface area contributed by atoms with E-state index in [4.69, 9.17) is 4.98 Å². The van der Waals surface area contributed by atoms with Crippen LogP contribution in [0.4, 0.5) is 0 Å². The highest BCUT2D eigenvalue weighted by atomic mass is 32.1. The number of nitrogens with one attached hydrogen (secondary N) is 1. The van der Waals surface area contributed by atoms with Crippen LogP contribution in [-0.4, -0.2) is 85.0 Å². The van der Waals surface area contributed by atoms with Crippen LogP contribution in [0, 0.1) is 11.8 Å². The fourth-order valence-electron chi connectivity index (χ4n) is 5.41. The molecule has 0 aliphatic carbocycles. The van der Waals surface area contributed by atoms with Crippen LogP contribution in [0.15, 0.2) is 10.4 Å². The molecular formula is C24H42N6S. The van der Waals surface area contributed by atoms with Gasteiger partial charge in [0.25, 0.3) is 0 Å². The molecule has 1 N–H and O–H groups in total. The van der Waals surface area contributed by atoms with E-state index >= 15 is 0 Å². The minimum absolute atomic E-state index is 0.751. The van der Waals surface area contributed by atoms with Gasteiger partial charge in [-0.05, 0) is 76.5 Å². The second-order valence-corrected chi connectivity index (χ2v) is 10.6. The highest BCUT2D eigenvalue weighted by molar-refractivity contribution is 7.09. The van der Waals surface area contributed by atoms with E-state index in [0.717, 1.165) is 43.9 Å². The number of aromatic nitrogens is 1. The van der Waals surface area contributed by atoms with E-state index in [-0.39, 0.29) is 0 Å². The maximum Gasteiger partial charge on any atom is 0.193 e. The molecule has 0 radical (unpaired) electrons. The molecule has 174 valence electrons. The van der Waals surface area contributed by atoms with Gasteiger partial charge in [-0.15, -0.1) is 11.3 Å². The first kappa shape index (κ1) is 23.0. The number of rotatable bonds is 7. The molecule has 0 saturated carbocycles. The average Bonchev–Trinajstić information content (AvgIpc) is 3.46. The molecule has 1 aromatic rings. The van der Waals surface area contributed by atoms with Crippen LogP contribution >= 0.6 is 11.3 Å². The van der Waals surface area contributed by atoms with Crippen molar-refractivity contribution in [2.45, 2.75) is 58.4 Å². The van der Waals surface area contributed by atoms with E-state index in [2.05, 4.69) is 37.3 Å². The van der Waals surface area contributed by atoms with Gasteiger partial charge in [0.05, 0.1) is 10.7 Å². The van der Waals surface area contributed by atoms with Crippen LogP contribution in [-0.2, 0) is 13.0 Å². The van der Waals surface area contributed by atoms with Crippen molar-refractivity contribution < 1.29 is 0 Å². The highest BCUT2D eigenvalue weighted by Gasteiger charge is 2.27. The van der Waals surface area contributed by atoms with Crippen molar-refractivity contribution in [1.29, 1.82) is 0 Å². The quantitative estimate of drug-likeness (QED) is 0.514. The van der Waals surface area contributed by atoms with E-state index in [1.54, 1.807) is 11.3 Å². The molecule has 0 amide bonds. The van der Waals surface area contributed by atoms with Crippen LogP contribution in [0.2, 0.25) is 0 Å². The van der Waals surface area contributed by atoms with Gasteiger partial charge in [-0.3, -0.25) is 9.89 Å². The minimum Gasteiger partial charge on any atom is -0.356 e. The second-order valence-electron chi connectivity index (χ2n) is 9.70. The number of likely N-dealkylation sites (tertiary alicyclic amines) is 3. The number of aliphatic imine (C=N–C) groups is 1. The molecule has 6 nitrogen and oxygen atoms in total. The van der Waals surface area contributed by atoms with Crippen molar-refractivity contribution in [3.63, 3.8) is 0 Å². The zero-order chi connectivity index (χ0) is 21.5. The number of hydrogen-bond acceptors (Lipinski definition) is 5. The summed E-state index contributed by atoms with van der Waals surface area (Å²) in [7, 11) is 1.95. The molecule has 0 aromatic carbocycles. The first-order chi connectivity index (χ1) is 15.2. The van der Waals surface area contributed by atoms with Gasteiger partial charge >= 0.3 is 0 Å². The normalized spacial score (nSPS) is 24.8. The SMILES string of the molecule is CCc1nc(CN2CCC(CNC(=NC)N3CCC(CN4CCCCC4)C3)CC2)cs1. The second kappa shape index (κ2) is 11.6. The predicted octanol–water partition coefficient (Wildman–Crippen LogP) is 3.30. The molecular weight excluding hydrogens is 404 g/mol. The van der Waals surface area contributed by atoms with Crippen molar-refractivity contribution in [3.05, 3.63) is 16.1 Å². The van der Waals surface area contributed by atoms with Gasteiger partial charge in [0.1, 0.15) is 0 Å². The number of thiazole rings is 1. The molecule has 1 aromatic heterocycles. The first-order valence-electron chi connectivity index (χ1n) is 12.6. The number of guanidine groups is 1. The predicted molar refractivity (Wildman–Crippen MR) is 131 cm³/mol. The molecule has 4 heterocycles. The molecule has 31 heavy (non-hydrogen) atoms. The first-order valence-corrected chi connectivity index (χ1v) is 13.4. The van der Waals surface area contributed by atoms with Crippen LogP contribution in [0.1, 0.15) is 56.2 Å². The molecule has 7 heteroatoms. The summed E-state index contributed by atoms with van der Waals surface area (Å²) in [6.07, 6.45) is 9.11. The van der Waals surface area contributed by atoms with Crippen molar-refractivity contribution in [2.75, 3.05) is 59.4 Å². The third-order valence-electron chi connectivity index (χ3n) is 7.31. The molecule has 4 rings (SSSR count). The standard InChI is InChI=1S/C24H42N6S/c1-3-23-27-22(19-31-23)18-29-12-7-20(8-13-29)15-26-24(25-2)30-14-9-21(17-30)16-28-10-5-4-6-11-28/h19-21H,3-18H2,1-2H3,(H,25,26). The largest absolute Gasteiger partial charge is 0.356 e. The minimum atomic E-state index is 0.751. The fraction of sp³-hybridized carbons (Fsp3) is 0.833. The maximum atomic E-state index is 4.74. The average molecular weight is 447 g/mol. The molecule has 3 fully saturated rings. The van der Waals surface area contributed by atoms with E-state index < -0.39 is 0 Å².